The minimum Gasteiger partial charge on any atom is -0.507 e. The zero-order valence-corrected chi connectivity index (χ0v) is 16.5. The Hall–Kier alpha value is -3.19. The van der Waals surface area contributed by atoms with Crippen LogP contribution in [0.15, 0.2) is 30.0 Å². The van der Waals surface area contributed by atoms with E-state index in [2.05, 4.69) is 0 Å². The van der Waals surface area contributed by atoms with Crippen LogP contribution in [0.1, 0.15) is 21.5 Å². The van der Waals surface area contributed by atoms with E-state index >= 15 is 0 Å². The highest BCUT2D eigenvalue weighted by Crippen LogP contribution is 2.43. The number of fused-ring (bicyclic) bond motifs is 1. The number of Topliss-reactive ketones (excluding diaryl/α,β-unsaturated/α-hetero) is 1. The van der Waals surface area contributed by atoms with Crippen LogP contribution in [-0.4, -0.2) is 51.2 Å². The molecule has 1 N–H and O–H groups in total. The lowest BCUT2D eigenvalue weighted by Crippen LogP contribution is -2.11. The van der Waals surface area contributed by atoms with E-state index in [0.717, 1.165) is 0 Å². The van der Waals surface area contributed by atoms with Crippen LogP contribution < -0.4 is 18.9 Å². The van der Waals surface area contributed by atoms with E-state index in [9.17, 15) is 9.90 Å². The Balaban J connectivity index is 2.07. The summed E-state index contributed by atoms with van der Waals surface area (Å²) >= 11 is 0. The van der Waals surface area contributed by atoms with E-state index in [1.807, 2.05) is 19.0 Å². The van der Waals surface area contributed by atoms with Gasteiger partial charge in [-0.05, 0) is 44.4 Å². The van der Waals surface area contributed by atoms with Gasteiger partial charge in [0.1, 0.15) is 11.5 Å². The van der Waals surface area contributed by atoms with Crippen LogP contribution in [0.5, 0.6) is 28.7 Å². The number of aromatic hydroxyl groups is 1. The standard InChI is InChI=1S/C21H23NO6/c1-22(2)11-14-15(23)8-7-13-18(24)17(28-20(13)14)10-12-6-9-16(25-3)21(27-5)19(12)26-4/h6-10,23H,11H2,1-5H3. The van der Waals surface area contributed by atoms with E-state index < -0.39 is 0 Å². The quantitative estimate of drug-likeness (QED) is 0.766. The number of hydrogen-bond donors (Lipinski definition) is 1. The molecule has 7 heteroatoms. The Morgan fingerprint density at radius 1 is 1.04 bits per heavy atom. The van der Waals surface area contributed by atoms with Crippen LogP contribution in [-0.2, 0) is 6.54 Å². The van der Waals surface area contributed by atoms with Crippen molar-refractivity contribution in [2.24, 2.45) is 0 Å². The molecule has 28 heavy (non-hydrogen) atoms. The smallest absolute Gasteiger partial charge is 0.231 e. The summed E-state index contributed by atoms with van der Waals surface area (Å²) in [6.45, 7) is 0.440. The van der Waals surface area contributed by atoms with Gasteiger partial charge in [-0.25, -0.2) is 0 Å². The number of ether oxygens (including phenoxy) is 4. The predicted molar refractivity (Wildman–Crippen MR) is 105 cm³/mol. The first kappa shape index (κ1) is 19.6. The predicted octanol–water partition coefficient (Wildman–Crippen LogP) is 3.10. The summed E-state index contributed by atoms with van der Waals surface area (Å²) in [6, 6.07) is 6.56. The van der Waals surface area contributed by atoms with Crippen LogP contribution >= 0.6 is 0 Å². The average molecular weight is 385 g/mol. The molecule has 1 heterocycles. The average Bonchev–Trinajstić information content (AvgIpc) is 2.99. The third kappa shape index (κ3) is 3.36. The van der Waals surface area contributed by atoms with Gasteiger partial charge >= 0.3 is 0 Å². The number of phenolic OH excluding ortho intramolecular Hbond substituents is 1. The van der Waals surface area contributed by atoms with Crippen molar-refractivity contribution in [3.05, 3.63) is 46.7 Å². The normalized spacial score (nSPS) is 14.2. The Morgan fingerprint density at radius 3 is 2.36 bits per heavy atom. The van der Waals surface area contributed by atoms with Crippen molar-refractivity contribution >= 4 is 11.9 Å². The molecule has 2 aromatic rings. The molecule has 2 aromatic carbocycles. The third-order valence-corrected chi connectivity index (χ3v) is 4.41. The van der Waals surface area contributed by atoms with E-state index in [1.54, 1.807) is 24.3 Å². The summed E-state index contributed by atoms with van der Waals surface area (Å²) in [5, 5.41) is 10.2. The van der Waals surface area contributed by atoms with Gasteiger partial charge in [-0.15, -0.1) is 0 Å². The highest BCUT2D eigenvalue weighted by Gasteiger charge is 2.31. The van der Waals surface area contributed by atoms with Crippen LogP contribution in [0, 0.1) is 0 Å². The summed E-state index contributed by atoms with van der Waals surface area (Å²) < 4.78 is 22.0. The number of carbonyl (C=O) groups is 1. The second-order valence-electron chi connectivity index (χ2n) is 6.54. The van der Waals surface area contributed by atoms with Crippen LogP contribution in [0.2, 0.25) is 0 Å². The van der Waals surface area contributed by atoms with Gasteiger partial charge in [-0.2, -0.15) is 0 Å². The Bertz CT molecular complexity index is 948. The summed E-state index contributed by atoms with van der Waals surface area (Å²) in [7, 11) is 8.31. The van der Waals surface area contributed by atoms with Crippen molar-refractivity contribution in [1.82, 2.24) is 4.90 Å². The lowest BCUT2D eigenvalue weighted by molar-refractivity contribution is 0.101. The molecule has 0 bridgehead atoms. The molecule has 0 amide bonds. The van der Waals surface area contributed by atoms with Crippen molar-refractivity contribution < 1.29 is 28.8 Å². The minimum atomic E-state index is -0.258. The molecule has 0 aromatic heterocycles. The molecule has 0 atom stereocenters. The molecule has 0 saturated heterocycles. The fourth-order valence-electron chi connectivity index (χ4n) is 3.15. The fraction of sp³-hybridized carbons (Fsp3) is 0.286. The molecule has 1 aliphatic rings. The fourth-order valence-corrected chi connectivity index (χ4v) is 3.15. The topological polar surface area (TPSA) is 77.5 Å². The molecule has 0 aliphatic carbocycles. The molecule has 7 nitrogen and oxygen atoms in total. The monoisotopic (exact) mass is 385 g/mol. The highest BCUT2D eigenvalue weighted by atomic mass is 16.5. The van der Waals surface area contributed by atoms with Gasteiger partial charge in [-0.1, -0.05) is 0 Å². The number of ketones is 1. The summed E-state index contributed by atoms with van der Waals surface area (Å²) in [5.74, 6) is 1.72. The van der Waals surface area contributed by atoms with Crippen molar-refractivity contribution in [2.75, 3.05) is 35.4 Å². The first-order valence-corrected chi connectivity index (χ1v) is 8.64. The number of allylic oxidation sites excluding steroid dienone is 1. The van der Waals surface area contributed by atoms with Crippen LogP contribution in [0.25, 0.3) is 6.08 Å². The number of phenols is 1. The van der Waals surface area contributed by atoms with Gasteiger partial charge in [0.15, 0.2) is 17.3 Å². The molecular formula is C21H23NO6. The number of carbonyl (C=O) groups excluding carboxylic acids is 1. The first-order chi connectivity index (χ1) is 13.4. The van der Waals surface area contributed by atoms with Crippen molar-refractivity contribution in [2.45, 2.75) is 6.54 Å². The van der Waals surface area contributed by atoms with Gasteiger partial charge in [0.25, 0.3) is 0 Å². The van der Waals surface area contributed by atoms with Gasteiger partial charge < -0.3 is 29.0 Å². The third-order valence-electron chi connectivity index (χ3n) is 4.41. The Kier molecular flexibility index (Phi) is 5.46. The molecule has 148 valence electrons. The largest absolute Gasteiger partial charge is 0.507 e. The molecule has 0 saturated carbocycles. The maximum absolute atomic E-state index is 12.8. The number of nitrogens with zero attached hydrogens (tertiary/aromatic N) is 1. The van der Waals surface area contributed by atoms with Crippen LogP contribution in [0.4, 0.5) is 0 Å². The molecule has 0 radical (unpaired) electrons. The van der Waals surface area contributed by atoms with E-state index in [1.165, 1.54) is 27.4 Å². The van der Waals surface area contributed by atoms with Gasteiger partial charge in [-0.3, -0.25) is 4.79 Å². The molecule has 0 unspecified atom stereocenters. The first-order valence-electron chi connectivity index (χ1n) is 8.64. The van der Waals surface area contributed by atoms with E-state index in [0.29, 0.717) is 46.2 Å². The van der Waals surface area contributed by atoms with Crippen molar-refractivity contribution in [3.8, 4) is 28.7 Å². The van der Waals surface area contributed by atoms with E-state index in [-0.39, 0.29) is 17.3 Å². The minimum absolute atomic E-state index is 0.0881. The van der Waals surface area contributed by atoms with Gasteiger partial charge in [0.2, 0.25) is 11.5 Å². The summed E-state index contributed by atoms with van der Waals surface area (Å²) in [5.41, 5.74) is 1.59. The lowest BCUT2D eigenvalue weighted by Gasteiger charge is -2.15. The Labute approximate surface area is 163 Å². The summed E-state index contributed by atoms with van der Waals surface area (Å²) in [6.07, 6.45) is 1.60. The number of hydrogen-bond acceptors (Lipinski definition) is 7. The van der Waals surface area contributed by atoms with Crippen molar-refractivity contribution in [1.29, 1.82) is 0 Å². The zero-order chi connectivity index (χ0) is 20.4. The number of rotatable bonds is 6. The molecule has 0 fully saturated rings. The Morgan fingerprint density at radius 2 is 1.75 bits per heavy atom. The second kappa shape index (κ2) is 7.82. The van der Waals surface area contributed by atoms with E-state index in [4.69, 9.17) is 18.9 Å². The van der Waals surface area contributed by atoms with Crippen molar-refractivity contribution in [3.63, 3.8) is 0 Å². The highest BCUT2D eigenvalue weighted by molar-refractivity contribution is 6.15. The maximum atomic E-state index is 12.8. The maximum Gasteiger partial charge on any atom is 0.231 e. The van der Waals surface area contributed by atoms with Crippen LogP contribution in [0.3, 0.4) is 0 Å². The second-order valence-corrected chi connectivity index (χ2v) is 6.54. The van der Waals surface area contributed by atoms with Gasteiger partial charge in [0.05, 0.1) is 32.5 Å². The summed E-state index contributed by atoms with van der Waals surface area (Å²) in [4.78, 5) is 14.7. The van der Waals surface area contributed by atoms with Gasteiger partial charge in [0, 0.05) is 12.1 Å². The molecule has 0 spiro atoms. The zero-order valence-electron chi connectivity index (χ0n) is 16.5. The SMILES string of the molecule is COc1ccc(C=C2Oc3c(ccc(O)c3CN(C)C)C2=O)c(OC)c1OC. The number of methoxy groups -OCH3 is 3. The molecule has 3 rings (SSSR count). The lowest BCUT2D eigenvalue weighted by atomic mass is 10.0. The molecule has 1 aliphatic heterocycles. The molecular weight excluding hydrogens is 362 g/mol. The number of benzene rings is 2.